The van der Waals surface area contributed by atoms with Crippen molar-refractivity contribution in [2.75, 3.05) is 18.4 Å². The highest BCUT2D eigenvalue weighted by molar-refractivity contribution is 7.89. The van der Waals surface area contributed by atoms with Crippen LogP contribution in [0.1, 0.15) is 19.3 Å². The largest absolute Gasteiger partial charge is 0.326 e. The number of amides is 1. The van der Waals surface area contributed by atoms with Gasteiger partial charge in [-0.3, -0.25) is 4.79 Å². The molecule has 2 heterocycles. The first-order valence-electron chi connectivity index (χ1n) is 9.32. The summed E-state index contributed by atoms with van der Waals surface area (Å²) in [4.78, 5) is 12.3. The van der Waals surface area contributed by atoms with Crippen LogP contribution in [0.4, 0.5) is 10.1 Å². The molecule has 0 saturated carbocycles. The van der Waals surface area contributed by atoms with Crippen LogP contribution >= 0.6 is 0 Å². The van der Waals surface area contributed by atoms with Gasteiger partial charge in [-0.1, -0.05) is 5.21 Å². The van der Waals surface area contributed by atoms with Crippen molar-refractivity contribution < 1.29 is 17.6 Å². The molecule has 2 aromatic carbocycles. The summed E-state index contributed by atoms with van der Waals surface area (Å²) in [7, 11) is -3.52. The summed E-state index contributed by atoms with van der Waals surface area (Å²) in [5, 5.41) is 10.8. The summed E-state index contributed by atoms with van der Waals surface area (Å²) in [5.74, 6) is -0.614. The highest BCUT2D eigenvalue weighted by Gasteiger charge is 2.27. The van der Waals surface area contributed by atoms with Crippen molar-refractivity contribution in [2.45, 2.75) is 30.7 Å². The molecule has 0 unspecified atom stereocenters. The molecule has 3 aromatic rings. The molecule has 0 radical (unpaired) electrons. The molecule has 0 bridgehead atoms. The van der Waals surface area contributed by atoms with E-state index in [-0.39, 0.29) is 29.6 Å². The van der Waals surface area contributed by atoms with Crippen molar-refractivity contribution >= 4 is 32.7 Å². The summed E-state index contributed by atoms with van der Waals surface area (Å²) < 4.78 is 41.3. The van der Waals surface area contributed by atoms with E-state index in [1.165, 1.54) is 34.6 Å². The molecule has 0 aliphatic carbocycles. The highest BCUT2D eigenvalue weighted by atomic mass is 32.2. The fraction of sp³-hybridized carbons (Fsp3) is 0.316. The van der Waals surface area contributed by atoms with Gasteiger partial charge in [0.15, 0.2) is 0 Å². The number of aromatic nitrogens is 3. The molecule has 8 nitrogen and oxygen atoms in total. The Kier molecular flexibility index (Phi) is 5.29. The first-order valence-corrected chi connectivity index (χ1v) is 10.8. The predicted octanol–water partition coefficient (Wildman–Crippen LogP) is 2.38. The number of hydrogen-bond acceptors (Lipinski definition) is 5. The van der Waals surface area contributed by atoms with Gasteiger partial charge in [-0.25, -0.2) is 17.5 Å². The lowest BCUT2D eigenvalue weighted by Crippen LogP contribution is -2.27. The molecule has 1 saturated heterocycles. The third-order valence-corrected chi connectivity index (χ3v) is 6.76. The van der Waals surface area contributed by atoms with Crippen molar-refractivity contribution in [3.63, 3.8) is 0 Å². The van der Waals surface area contributed by atoms with E-state index < -0.39 is 10.0 Å². The maximum absolute atomic E-state index is 12.9. The molecule has 1 amide bonds. The van der Waals surface area contributed by atoms with Crippen LogP contribution in [0.2, 0.25) is 0 Å². The number of carbonyl (C=O) groups is 1. The molecular weight excluding hydrogens is 397 g/mol. The number of fused-ring (bicyclic) bond motifs is 1. The summed E-state index contributed by atoms with van der Waals surface area (Å²) in [5.41, 5.74) is 1.63. The second-order valence-electron chi connectivity index (χ2n) is 6.88. The molecule has 0 atom stereocenters. The van der Waals surface area contributed by atoms with Gasteiger partial charge < -0.3 is 5.32 Å². The number of nitrogens with zero attached hydrogens (tertiary/aromatic N) is 4. The number of nitrogens with one attached hydrogen (secondary N) is 1. The second-order valence-corrected chi connectivity index (χ2v) is 8.82. The number of aryl methyl sites for hydroxylation is 1. The molecule has 1 aliphatic rings. The zero-order valence-electron chi connectivity index (χ0n) is 15.6. The first kappa shape index (κ1) is 19.5. The summed E-state index contributed by atoms with van der Waals surface area (Å²) >= 11 is 0. The van der Waals surface area contributed by atoms with Gasteiger partial charge in [0, 0.05) is 25.2 Å². The van der Waals surface area contributed by atoms with Gasteiger partial charge in [0.1, 0.15) is 11.3 Å². The Morgan fingerprint density at radius 1 is 1.10 bits per heavy atom. The Morgan fingerprint density at radius 3 is 2.55 bits per heavy atom. The van der Waals surface area contributed by atoms with Gasteiger partial charge in [0.2, 0.25) is 15.9 Å². The van der Waals surface area contributed by atoms with E-state index in [4.69, 9.17) is 0 Å². The van der Waals surface area contributed by atoms with Crippen LogP contribution in [0.25, 0.3) is 11.0 Å². The number of halogens is 1. The summed E-state index contributed by atoms with van der Waals surface area (Å²) in [6.07, 6.45) is 1.89. The average molecular weight is 417 g/mol. The van der Waals surface area contributed by atoms with Crippen molar-refractivity contribution in [1.29, 1.82) is 0 Å². The SMILES string of the molecule is O=C(CCn1nnc2cc(S(=O)(=O)N3CCCC3)ccc21)Nc1ccc(F)cc1. The molecule has 29 heavy (non-hydrogen) atoms. The Morgan fingerprint density at radius 2 is 1.83 bits per heavy atom. The molecular formula is C19H20FN5O3S. The van der Waals surface area contributed by atoms with Gasteiger partial charge in [0.25, 0.3) is 0 Å². The Bertz CT molecular complexity index is 1140. The summed E-state index contributed by atoms with van der Waals surface area (Å²) in [6, 6.07) is 10.2. The van der Waals surface area contributed by atoms with E-state index in [1.807, 2.05) is 0 Å². The fourth-order valence-corrected chi connectivity index (χ4v) is 4.86. The average Bonchev–Trinajstić information content (AvgIpc) is 3.38. The normalized spacial score (nSPS) is 15.1. The number of hydrogen-bond donors (Lipinski definition) is 1. The lowest BCUT2D eigenvalue weighted by Gasteiger charge is -2.15. The summed E-state index contributed by atoms with van der Waals surface area (Å²) in [6.45, 7) is 1.36. The minimum absolute atomic E-state index is 0.143. The van der Waals surface area contributed by atoms with Crippen LogP contribution in [0.5, 0.6) is 0 Å². The maximum atomic E-state index is 12.9. The smallest absolute Gasteiger partial charge is 0.243 e. The van der Waals surface area contributed by atoms with E-state index in [0.29, 0.717) is 29.8 Å². The molecule has 1 aliphatic heterocycles. The van der Waals surface area contributed by atoms with E-state index in [1.54, 1.807) is 16.8 Å². The van der Waals surface area contributed by atoms with Crippen LogP contribution in [0.15, 0.2) is 47.4 Å². The number of sulfonamides is 1. The predicted molar refractivity (Wildman–Crippen MR) is 105 cm³/mol. The monoisotopic (exact) mass is 417 g/mol. The third-order valence-electron chi connectivity index (χ3n) is 4.87. The van der Waals surface area contributed by atoms with Crippen LogP contribution in [-0.2, 0) is 21.4 Å². The second kappa shape index (κ2) is 7.88. The molecule has 10 heteroatoms. The first-order chi connectivity index (χ1) is 13.9. The lowest BCUT2D eigenvalue weighted by atomic mass is 10.3. The fourth-order valence-electron chi connectivity index (χ4n) is 3.32. The number of rotatable bonds is 6. The van der Waals surface area contributed by atoms with E-state index >= 15 is 0 Å². The third kappa shape index (κ3) is 4.13. The van der Waals surface area contributed by atoms with Crippen molar-refractivity contribution in [3.05, 3.63) is 48.3 Å². The van der Waals surface area contributed by atoms with E-state index in [2.05, 4.69) is 15.6 Å². The van der Waals surface area contributed by atoms with Gasteiger partial charge in [-0.05, 0) is 55.3 Å². The highest BCUT2D eigenvalue weighted by Crippen LogP contribution is 2.23. The molecule has 152 valence electrons. The Balaban J connectivity index is 1.45. The quantitative estimate of drug-likeness (QED) is 0.664. The van der Waals surface area contributed by atoms with Crippen LogP contribution in [0.3, 0.4) is 0 Å². The molecule has 1 N–H and O–H groups in total. The van der Waals surface area contributed by atoms with Gasteiger partial charge in [0.05, 0.1) is 17.0 Å². The van der Waals surface area contributed by atoms with Crippen molar-refractivity contribution in [1.82, 2.24) is 19.3 Å². The minimum Gasteiger partial charge on any atom is -0.326 e. The van der Waals surface area contributed by atoms with E-state index in [9.17, 15) is 17.6 Å². The lowest BCUT2D eigenvalue weighted by molar-refractivity contribution is -0.116. The van der Waals surface area contributed by atoms with Gasteiger partial charge in [-0.2, -0.15) is 4.31 Å². The molecule has 1 fully saturated rings. The van der Waals surface area contributed by atoms with Crippen molar-refractivity contribution in [2.24, 2.45) is 0 Å². The maximum Gasteiger partial charge on any atom is 0.243 e. The number of anilines is 1. The molecule has 4 rings (SSSR count). The van der Waals surface area contributed by atoms with Crippen LogP contribution in [-0.4, -0.2) is 46.7 Å². The number of carbonyl (C=O) groups excluding carboxylic acids is 1. The van der Waals surface area contributed by atoms with Crippen LogP contribution in [0, 0.1) is 5.82 Å². The van der Waals surface area contributed by atoms with E-state index in [0.717, 1.165) is 12.8 Å². The topological polar surface area (TPSA) is 97.2 Å². The zero-order valence-corrected chi connectivity index (χ0v) is 16.4. The minimum atomic E-state index is -3.52. The van der Waals surface area contributed by atoms with Gasteiger partial charge in [-0.15, -0.1) is 5.10 Å². The standard InChI is InChI=1S/C19H20FN5O3S/c20-14-3-5-15(6-4-14)21-19(26)9-12-25-18-8-7-16(13-17(18)22-23-25)29(27,28)24-10-1-2-11-24/h3-8,13H,1-2,9-12H2,(H,21,26). The Labute approximate surface area is 167 Å². The zero-order chi connectivity index (χ0) is 20.4. The van der Waals surface area contributed by atoms with Crippen molar-refractivity contribution in [3.8, 4) is 0 Å². The number of benzene rings is 2. The van der Waals surface area contributed by atoms with Crippen LogP contribution < -0.4 is 5.32 Å². The Hall–Kier alpha value is -2.85. The van der Waals surface area contributed by atoms with Gasteiger partial charge >= 0.3 is 0 Å². The molecule has 0 spiro atoms. The molecule has 1 aromatic heterocycles.